The average molecular weight is 368 g/mol. The number of benzene rings is 1. The highest BCUT2D eigenvalue weighted by Crippen LogP contribution is 2.21. The molecule has 5 nitrogen and oxygen atoms in total. The minimum atomic E-state index is -3.12. The molecule has 2 N–H and O–H groups in total. The van der Waals surface area contributed by atoms with E-state index in [1.807, 2.05) is 0 Å². The van der Waals surface area contributed by atoms with Gasteiger partial charge in [-0.05, 0) is 70.2 Å². The van der Waals surface area contributed by atoms with Crippen LogP contribution in [0.1, 0.15) is 52.4 Å². The first kappa shape index (κ1) is 20.0. The standard InChI is InChI=1S/C19H33N3O2S/c1-17(2)25(23,24)21-14-6-3-5-13-20-18-9-11-19(12-10-18)22-15-7-4-8-16-22/h9-12,17,20-21H,3-8,13-16H2,1-2H3. The van der Waals surface area contributed by atoms with Crippen LogP contribution in [0.4, 0.5) is 11.4 Å². The fourth-order valence-electron chi connectivity index (χ4n) is 2.98. The van der Waals surface area contributed by atoms with Crippen LogP contribution in [0, 0.1) is 0 Å². The van der Waals surface area contributed by atoms with E-state index in [4.69, 9.17) is 0 Å². The number of nitrogens with one attached hydrogen (secondary N) is 2. The molecule has 1 saturated heterocycles. The molecular weight excluding hydrogens is 334 g/mol. The minimum absolute atomic E-state index is 0.359. The summed E-state index contributed by atoms with van der Waals surface area (Å²) in [6.07, 6.45) is 6.88. The number of anilines is 2. The van der Waals surface area contributed by atoms with Crippen molar-refractivity contribution in [3.63, 3.8) is 0 Å². The molecule has 2 rings (SSSR count). The van der Waals surface area contributed by atoms with Crippen molar-refractivity contribution >= 4 is 21.4 Å². The Morgan fingerprint density at radius 3 is 2.24 bits per heavy atom. The second-order valence-corrected chi connectivity index (χ2v) is 9.39. The summed E-state index contributed by atoms with van der Waals surface area (Å²) < 4.78 is 25.9. The van der Waals surface area contributed by atoms with Gasteiger partial charge in [-0.3, -0.25) is 0 Å². The van der Waals surface area contributed by atoms with E-state index in [1.54, 1.807) is 13.8 Å². The lowest BCUT2D eigenvalue weighted by atomic mass is 10.1. The molecule has 1 aliphatic rings. The summed E-state index contributed by atoms with van der Waals surface area (Å²) in [7, 11) is -3.12. The smallest absolute Gasteiger partial charge is 0.213 e. The molecule has 0 amide bonds. The SMILES string of the molecule is CC(C)S(=O)(=O)NCCCCCNc1ccc(N2CCCCC2)cc1. The summed E-state index contributed by atoms with van der Waals surface area (Å²) >= 11 is 0. The Balaban J connectivity index is 1.59. The molecule has 1 heterocycles. The van der Waals surface area contributed by atoms with Crippen molar-refractivity contribution in [3.8, 4) is 0 Å². The van der Waals surface area contributed by atoms with Gasteiger partial charge in [0, 0.05) is 37.6 Å². The number of unbranched alkanes of at least 4 members (excludes halogenated alkanes) is 2. The third-order valence-corrected chi connectivity index (χ3v) is 6.54. The predicted molar refractivity (Wildman–Crippen MR) is 107 cm³/mol. The Morgan fingerprint density at radius 1 is 0.960 bits per heavy atom. The Hall–Kier alpha value is -1.27. The average Bonchev–Trinajstić information content (AvgIpc) is 2.62. The van der Waals surface area contributed by atoms with Crippen LogP contribution in [-0.2, 0) is 10.0 Å². The summed E-state index contributed by atoms with van der Waals surface area (Å²) in [5.41, 5.74) is 2.48. The van der Waals surface area contributed by atoms with Crippen LogP contribution < -0.4 is 14.9 Å². The van der Waals surface area contributed by atoms with Gasteiger partial charge >= 0.3 is 0 Å². The zero-order chi connectivity index (χ0) is 18.1. The Labute approximate surface area is 153 Å². The van der Waals surface area contributed by atoms with E-state index in [2.05, 4.69) is 39.2 Å². The van der Waals surface area contributed by atoms with E-state index in [0.717, 1.165) is 31.5 Å². The van der Waals surface area contributed by atoms with Crippen molar-refractivity contribution in [3.05, 3.63) is 24.3 Å². The van der Waals surface area contributed by atoms with Crippen molar-refractivity contribution < 1.29 is 8.42 Å². The van der Waals surface area contributed by atoms with E-state index in [0.29, 0.717) is 6.54 Å². The Kier molecular flexibility index (Phi) is 8.03. The van der Waals surface area contributed by atoms with Gasteiger partial charge in [0.15, 0.2) is 0 Å². The fraction of sp³-hybridized carbons (Fsp3) is 0.684. The number of sulfonamides is 1. The molecule has 0 radical (unpaired) electrons. The maximum atomic E-state index is 11.6. The molecule has 6 heteroatoms. The Bertz CT molecular complexity index is 594. The molecule has 1 aliphatic heterocycles. The van der Waals surface area contributed by atoms with Gasteiger partial charge in [-0.15, -0.1) is 0 Å². The molecule has 0 aromatic heterocycles. The van der Waals surface area contributed by atoms with Gasteiger partial charge in [-0.25, -0.2) is 13.1 Å². The number of nitrogens with zero attached hydrogens (tertiary/aromatic N) is 1. The first-order valence-electron chi connectivity index (χ1n) is 9.56. The van der Waals surface area contributed by atoms with E-state index in [9.17, 15) is 8.42 Å². The first-order valence-corrected chi connectivity index (χ1v) is 11.1. The first-order chi connectivity index (χ1) is 12.0. The van der Waals surface area contributed by atoms with Crippen LogP contribution in [0.3, 0.4) is 0 Å². The zero-order valence-electron chi connectivity index (χ0n) is 15.6. The van der Waals surface area contributed by atoms with Gasteiger partial charge in [-0.1, -0.05) is 6.42 Å². The van der Waals surface area contributed by atoms with E-state index in [-0.39, 0.29) is 5.25 Å². The number of hydrogen-bond acceptors (Lipinski definition) is 4. The van der Waals surface area contributed by atoms with Crippen LogP contribution in [0.5, 0.6) is 0 Å². The van der Waals surface area contributed by atoms with Gasteiger partial charge in [-0.2, -0.15) is 0 Å². The minimum Gasteiger partial charge on any atom is -0.385 e. The lowest BCUT2D eigenvalue weighted by Crippen LogP contribution is -2.31. The maximum absolute atomic E-state index is 11.6. The fourth-order valence-corrected chi connectivity index (χ4v) is 3.74. The van der Waals surface area contributed by atoms with Crippen LogP contribution >= 0.6 is 0 Å². The third kappa shape index (κ3) is 6.86. The van der Waals surface area contributed by atoms with Gasteiger partial charge in [0.05, 0.1) is 5.25 Å². The topological polar surface area (TPSA) is 61.4 Å². The molecule has 0 atom stereocenters. The van der Waals surface area contributed by atoms with Crippen LogP contribution in [0.15, 0.2) is 24.3 Å². The molecule has 0 saturated carbocycles. The molecular formula is C19H33N3O2S. The lowest BCUT2D eigenvalue weighted by Gasteiger charge is -2.28. The van der Waals surface area contributed by atoms with Gasteiger partial charge in [0.25, 0.3) is 0 Å². The molecule has 1 fully saturated rings. The molecule has 25 heavy (non-hydrogen) atoms. The van der Waals surface area contributed by atoms with Gasteiger partial charge in [0.1, 0.15) is 0 Å². The monoisotopic (exact) mass is 367 g/mol. The second-order valence-electron chi connectivity index (χ2n) is 7.07. The summed E-state index contributed by atoms with van der Waals surface area (Å²) in [6, 6.07) is 8.71. The molecule has 0 bridgehead atoms. The summed E-state index contributed by atoms with van der Waals surface area (Å²) in [5.74, 6) is 0. The van der Waals surface area contributed by atoms with Gasteiger partial charge < -0.3 is 10.2 Å². The number of piperidine rings is 1. The van der Waals surface area contributed by atoms with Crippen molar-refractivity contribution in [1.82, 2.24) is 4.72 Å². The quantitative estimate of drug-likeness (QED) is 0.621. The molecule has 0 aliphatic carbocycles. The molecule has 0 spiro atoms. The van der Waals surface area contributed by atoms with Crippen molar-refractivity contribution in [2.75, 3.05) is 36.4 Å². The van der Waals surface area contributed by atoms with Crippen LogP contribution in [0.25, 0.3) is 0 Å². The van der Waals surface area contributed by atoms with E-state index in [1.165, 1.54) is 38.0 Å². The third-order valence-electron chi connectivity index (χ3n) is 4.70. The summed E-state index contributed by atoms with van der Waals surface area (Å²) in [4.78, 5) is 2.46. The van der Waals surface area contributed by atoms with Crippen molar-refractivity contribution in [2.45, 2.75) is 57.6 Å². The number of hydrogen-bond donors (Lipinski definition) is 2. The highest BCUT2D eigenvalue weighted by molar-refractivity contribution is 7.90. The van der Waals surface area contributed by atoms with Crippen LogP contribution in [-0.4, -0.2) is 39.8 Å². The molecule has 1 aromatic rings. The molecule has 142 valence electrons. The largest absolute Gasteiger partial charge is 0.385 e. The second kappa shape index (κ2) is 10.0. The van der Waals surface area contributed by atoms with Crippen molar-refractivity contribution in [1.29, 1.82) is 0 Å². The molecule has 0 unspecified atom stereocenters. The van der Waals surface area contributed by atoms with Crippen molar-refractivity contribution in [2.24, 2.45) is 0 Å². The van der Waals surface area contributed by atoms with E-state index >= 15 is 0 Å². The normalized spacial score (nSPS) is 15.6. The summed E-state index contributed by atoms with van der Waals surface area (Å²) in [6.45, 7) is 7.19. The van der Waals surface area contributed by atoms with Gasteiger partial charge in [0.2, 0.25) is 10.0 Å². The van der Waals surface area contributed by atoms with Crippen LogP contribution in [0.2, 0.25) is 0 Å². The maximum Gasteiger partial charge on any atom is 0.213 e. The Morgan fingerprint density at radius 2 is 1.60 bits per heavy atom. The predicted octanol–water partition coefficient (Wildman–Crippen LogP) is 3.59. The highest BCUT2D eigenvalue weighted by atomic mass is 32.2. The highest BCUT2D eigenvalue weighted by Gasteiger charge is 2.14. The number of rotatable bonds is 10. The lowest BCUT2D eigenvalue weighted by molar-refractivity contribution is 0.566. The zero-order valence-corrected chi connectivity index (χ0v) is 16.4. The summed E-state index contributed by atoms with van der Waals surface area (Å²) in [5, 5.41) is 3.08. The van der Waals surface area contributed by atoms with E-state index < -0.39 is 10.0 Å². The molecule has 1 aromatic carbocycles.